The van der Waals surface area contributed by atoms with Gasteiger partial charge in [0.1, 0.15) is 11.5 Å². The van der Waals surface area contributed by atoms with E-state index in [9.17, 15) is 9.18 Å². The lowest BCUT2D eigenvalue weighted by molar-refractivity contribution is 0.0741. The number of rotatable bonds is 4. The van der Waals surface area contributed by atoms with Gasteiger partial charge in [0.2, 0.25) is 0 Å². The summed E-state index contributed by atoms with van der Waals surface area (Å²) in [6, 6.07) is 19.9. The van der Waals surface area contributed by atoms with Crippen LogP contribution < -0.4 is 10.2 Å². The molecule has 0 spiro atoms. The molecule has 28 heavy (non-hydrogen) atoms. The first-order valence-electron chi connectivity index (χ1n) is 9.27. The second-order valence-electron chi connectivity index (χ2n) is 6.68. The van der Waals surface area contributed by atoms with Crippen LogP contribution >= 0.6 is 0 Å². The number of hydrogen-bond acceptors (Lipinski definition) is 4. The van der Waals surface area contributed by atoms with Gasteiger partial charge in [-0.3, -0.25) is 9.78 Å². The molecule has 6 heteroatoms. The molecule has 0 bridgehead atoms. The highest BCUT2D eigenvalue weighted by Gasteiger charge is 2.23. The van der Waals surface area contributed by atoms with E-state index in [1.54, 1.807) is 24.4 Å². The standard InChI is InChI=1S/C22H21FN4O/c23-17-6-8-20(9-7-17)26-12-14-27(15-13-26)22(28)21-16-19(10-11-24-21)25-18-4-2-1-3-5-18/h1-11,16H,12-15H2,(H,24,25). The van der Waals surface area contributed by atoms with Crippen molar-refractivity contribution in [3.05, 3.63) is 84.4 Å². The Morgan fingerprint density at radius 2 is 1.61 bits per heavy atom. The molecule has 1 aliphatic rings. The van der Waals surface area contributed by atoms with Crippen LogP contribution in [0.3, 0.4) is 0 Å². The zero-order chi connectivity index (χ0) is 19.3. The number of benzene rings is 2. The van der Waals surface area contributed by atoms with Gasteiger partial charge >= 0.3 is 0 Å². The van der Waals surface area contributed by atoms with Gasteiger partial charge in [0.05, 0.1) is 0 Å². The summed E-state index contributed by atoms with van der Waals surface area (Å²) in [4.78, 5) is 21.1. The molecule has 0 atom stereocenters. The summed E-state index contributed by atoms with van der Waals surface area (Å²) < 4.78 is 13.1. The van der Waals surface area contributed by atoms with E-state index in [0.29, 0.717) is 31.9 Å². The molecule has 0 radical (unpaired) electrons. The average molecular weight is 376 g/mol. The van der Waals surface area contributed by atoms with Gasteiger partial charge in [0.15, 0.2) is 0 Å². The molecule has 4 rings (SSSR count). The van der Waals surface area contributed by atoms with Crippen molar-refractivity contribution >= 4 is 23.0 Å². The van der Waals surface area contributed by atoms with E-state index in [1.165, 1.54) is 12.1 Å². The van der Waals surface area contributed by atoms with Gasteiger partial charge in [0.25, 0.3) is 5.91 Å². The largest absolute Gasteiger partial charge is 0.368 e. The van der Waals surface area contributed by atoms with Crippen molar-refractivity contribution in [2.75, 3.05) is 36.4 Å². The van der Waals surface area contributed by atoms with Crippen LogP contribution in [0.1, 0.15) is 10.5 Å². The summed E-state index contributed by atoms with van der Waals surface area (Å²) in [5, 5.41) is 3.29. The SMILES string of the molecule is O=C(c1cc(Nc2ccccc2)ccn1)N1CCN(c2ccc(F)cc2)CC1. The molecule has 5 nitrogen and oxygen atoms in total. The monoisotopic (exact) mass is 376 g/mol. The third-order valence-electron chi connectivity index (χ3n) is 4.80. The first-order chi connectivity index (χ1) is 13.7. The fourth-order valence-corrected chi connectivity index (χ4v) is 3.30. The average Bonchev–Trinajstić information content (AvgIpc) is 2.75. The number of para-hydroxylation sites is 1. The first-order valence-corrected chi connectivity index (χ1v) is 9.27. The smallest absolute Gasteiger partial charge is 0.272 e. The molecule has 1 fully saturated rings. The quantitative estimate of drug-likeness (QED) is 0.750. The number of halogens is 1. The van der Waals surface area contributed by atoms with Gasteiger partial charge in [-0.05, 0) is 48.5 Å². The Morgan fingerprint density at radius 3 is 2.32 bits per heavy atom. The highest BCUT2D eigenvalue weighted by Crippen LogP contribution is 2.19. The molecule has 0 saturated carbocycles. The number of nitrogens with one attached hydrogen (secondary N) is 1. The van der Waals surface area contributed by atoms with E-state index in [1.807, 2.05) is 41.3 Å². The minimum Gasteiger partial charge on any atom is -0.368 e. The number of aromatic nitrogens is 1. The fourth-order valence-electron chi connectivity index (χ4n) is 3.30. The van der Waals surface area contributed by atoms with Gasteiger partial charge in [-0.25, -0.2) is 4.39 Å². The van der Waals surface area contributed by atoms with E-state index in [4.69, 9.17) is 0 Å². The Kier molecular flexibility index (Phi) is 5.19. The molecule has 1 amide bonds. The number of nitrogens with zero attached hydrogens (tertiary/aromatic N) is 3. The van der Waals surface area contributed by atoms with Crippen molar-refractivity contribution < 1.29 is 9.18 Å². The van der Waals surface area contributed by atoms with E-state index < -0.39 is 0 Å². The fraction of sp³-hybridized carbons (Fsp3) is 0.182. The molecule has 1 N–H and O–H groups in total. The van der Waals surface area contributed by atoms with Crippen molar-refractivity contribution in [2.24, 2.45) is 0 Å². The van der Waals surface area contributed by atoms with Crippen molar-refractivity contribution in [2.45, 2.75) is 0 Å². The molecule has 1 saturated heterocycles. The third-order valence-corrected chi connectivity index (χ3v) is 4.80. The Morgan fingerprint density at radius 1 is 0.893 bits per heavy atom. The van der Waals surface area contributed by atoms with Crippen LogP contribution in [-0.4, -0.2) is 42.0 Å². The second kappa shape index (κ2) is 8.08. The van der Waals surface area contributed by atoms with Gasteiger partial charge in [0, 0.05) is 49.4 Å². The number of amides is 1. The summed E-state index contributed by atoms with van der Waals surface area (Å²) in [6.45, 7) is 2.63. The lowest BCUT2D eigenvalue weighted by atomic mass is 10.2. The molecule has 0 aliphatic carbocycles. The molecule has 2 aromatic carbocycles. The van der Waals surface area contributed by atoms with Crippen molar-refractivity contribution in [3.8, 4) is 0 Å². The van der Waals surface area contributed by atoms with E-state index >= 15 is 0 Å². The topological polar surface area (TPSA) is 48.5 Å². The van der Waals surface area contributed by atoms with Crippen LogP contribution in [0.4, 0.5) is 21.5 Å². The number of hydrogen-bond donors (Lipinski definition) is 1. The number of carbonyl (C=O) groups excluding carboxylic acids is 1. The second-order valence-corrected chi connectivity index (χ2v) is 6.68. The van der Waals surface area contributed by atoms with Gasteiger partial charge in [-0.2, -0.15) is 0 Å². The summed E-state index contributed by atoms with van der Waals surface area (Å²) >= 11 is 0. The zero-order valence-corrected chi connectivity index (χ0v) is 15.4. The third kappa shape index (κ3) is 4.11. The minimum atomic E-state index is -0.243. The molecule has 1 aliphatic heterocycles. The number of anilines is 3. The van der Waals surface area contributed by atoms with E-state index in [0.717, 1.165) is 17.1 Å². The zero-order valence-electron chi connectivity index (χ0n) is 15.4. The van der Waals surface area contributed by atoms with Crippen LogP contribution in [0.2, 0.25) is 0 Å². The maximum absolute atomic E-state index is 13.1. The molecule has 1 aromatic heterocycles. The van der Waals surface area contributed by atoms with Gasteiger partial charge in [-0.1, -0.05) is 18.2 Å². The summed E-state index contributed by atoms with van der Waals surface area (Å²) in [5.41, 5.74) is 3.19. The van der Waals surface area contributed by atoms with Crippen LogP contribution in [0.15, 0.2) is 72.9 Å². The Bertz CT molecular complexity index is 938. The Hall–Kier alpha value is -3.41. The summed E-state index contributed by atoms with van der Waals surface area (Å²) in [7, 11) is 0. The van der Waals surface area contributed by atoms with E-state index in [2.05, 4.69) is 15.2 Å². The highest BCUT2D eigenvalue weighted by molar-refractivity contribution is 5.93. The number of piperazine rings is 1. The highest BCUT2D eigenvalue weighted by atomic mass is 19.1. The lowest BCUT2D eigenvalue weighted by Crippen LogP contribution is -2.49. The predicted molar refractivity (Wildman–Crippen MR) is 108 cm³/mol. The van der Waals surface area contributed by atoms with Gasteiger partial charge in [-0.15, -0.1) is 0 Å². The Balaban J connectivity index is 1.40. The van der Waals surface area contributed by atoms with Crippen molar-refractivity contribution in [3.63, 3.8) is 0 Å². The normalized spacial score (nSPS) is 14.0. The molecule has 0 unspecified atom stereocenters. The van der Waals surface area contributed by atoms with Gasteiger partial charge < -0.3 is 15.1 Å². The Labute approximate surface area is 163 Å². The van der Waals surface area contributed by atoms with Crippen LogP contribution in [0, 0.1) is 5.82 Å². The maximum Gasteiger partial charge on any atom is 0.272 e. The van der Waals surface area contributed by atoms with Crippen LogP contribution in [0.25, 0.3) is 0 Å². The molecular formula is C22H21FN4O. The maximum atomic E-state index is 13.1. The summed E-state index contributed by atoms with van der Waals surface area (Å²) in [6.07, 6.45) is 1.65. The van der Waals surface area contributed by atoms with Crippen molar-refractivity contribution in [1.82, 2.24) is 9.88 Å². The van der Waals surface area contributed by atoms with E-state index in [-0.39, 0.29) is 11.7 Å². The van der Waals surface area contributed by atoms with Crippen LogP contribution in [-0.2, 0) is 0 Å². The molecule has 142 valence electrons. The molecular weight excluding hydrogens is 355 g/mol. The van der Waals surface area contributed by atoms with Crippen LogP contribution in [0.5, 0.6) is 0 Å². The molecule has 3 aromatic rings. The number of carbonyl (C=O) groups is 1. The lowest BCUT2D eigenvalue weighted by Gasteiger charge is -2.36. The molecule has 2 heterocycles. The van der Waals surface area contributed by atoms with Crippen molar-refractivity contribution in [1.29, 1.82) is 0 Å². The number of pyridine rings is 1. The minimum absolute atomic E-state index is 0.0736. The first kappa shape index (κ1) is 18.0. The summed E-state index contributed by atoms with van der Waals surface area (Å²) in [5.74, 6) is -0.317. The predicted octanol–water partition coefficient (Wildman–Crippen LogP) is 3.93.